The van der Waals surface area contributed by atoms with Crippen molar-refractivity contribution in [1.82, 2.24) is 19.7 Å². The van der Waals surface area contributed by atoms with Gasteiger partial charge in [0, 0.05) is 11.1 Å². The summed E-state index contributed by atoms with van der Waals surface area (Å²) in [7, 11) is 1.63. The second kappa shape index (κ2) is 8.32. The number of nitrogens with zero attached hydrogens (tertiary/aromatic N) is 4. The monoisotopic (exact) mass is 405 g/mol. The molecule has 2 aromatic heterocycles. The molecule has 0 aliphatic heterocycles. The van der Waals surface area contributed by atoms with Gasteiger partial charge in [0.05, 0.1) is 30.3 Å². The predicted molar refractivity (Wildman–Crippen MR) is 114 cm³/mol. The number of aryl methyl sites for hydroxylation is 1. The zero-order chi connectivity index (χ0) is 20.2. The highest BCUT2D eigenvalue weighted by Gasteiger charge is 2.14. The van der Waals surface area contributed by atoms with Gasteiger partial charge in [0.25, 0.3) is 0 Å². The van der Waals surface area contributed by atoms with E-state index < -0.39 is 0 Å². The van der Waals surface area contributed by atoms with E-state index in [1.54, 1.807) is 13.3 Å². The Labute approximate surface area is 172 Å². The van der Waals surface area contributed by atoms with Gasteiger partial charge >= 0.3 is 0 Å². The number of para-hydroxylation sites is 1. The summed E-state index contributed by atoms with van der Waals surface area (Å²) in [6.45, 7) is 1.88. The highest BCUT2D eigenvalue weighted by Crippen LogP contribution is 2.24. The summed E-state index contributed by atoms with van der Waals surface area (Å²) in [4.78, 5) is 16.8. The number of aromatic nitrogens is 4. The van der Waals surface area contributed by atoms with Crippen LogP contribution >= 0.6 is 11.8 Å². The number of hydrogen-bond acceptors (Lipinski definition) is 6. The summed E-state index contributed by atoms with van der Waals surface area (Å²) in [6, 6.07) is 17.3. The molecule has 146 valence electrons. The minimum Gasteiger partial charge on any atom is -0.497 e. The first kappa shape index (κ1) is 18.9. The quantitative estimate of drug-likeness (QED) is 0.491. The van der Waals surface area contributed by atoms with Crippen LogP contribution in [-0.2, 0) is 4.79 Å². The normalized spacial score (nSPS) is 10.8. The number of nitrogens with one attached hydrogen (secondary N) is 1. The maximum Gasteiger partial charge on any atom is 0.234 e. The van der Waals surface area contributed by atoms with E-state index in [2.05, 4.69) is 20.5 Å². The number of amides is 1. The topological polar surface area (TPSA) is 81.9 Å². The lowest BCUT2D eigenvalue weighted by Crippen LogP contribution is -2.14. The van der Waals surface area contributed by atoms with Crippen molar-refractivity contribution in [2.24, 2.45) is 0 Å². The fourth-order valence-corrected chi connectivity index (χ4v) is 3.73. The van der Waals surface area contributed by atoms with Gasteiger partial charge in [-0.2, -0.15) is 0 Å². The number of carbonyl (C=O) groups excluding carboxylic acids is 1. The number of methoxy groups -OCH3 is 1. The van der Waals surface area contributed by atoms with Crippen LogP contribution < -0.4 is 10.1 Å². The summed E-state index contributed by atoms with van der Waals surface area (Å²) in [5.74, 6) is 1.60. The van der Waals surface area contributed by atoms with Gasteiger partial charge in [0.15, 0.2) is 5.16 Å². The number of fused-ring (bicyclic) bond motifs is 1. The number of hydrogen-bond donors (Lipinski definition) is 1. The Morgan fingerprint density at radius 1 is 1.14 bits per heavy atom. The van der Waals surface area contributed by atoms with Crippen molar-refractivity contribution < 1.29 is 9.53 Å². The van der Waals surface area contributed by atoms with Crippen LogP contribution in [0, 0.1) is 6.92 Å². The molecule has 7 nitrogen and oxygen atoms in total. The maximum absolute atomic E-state index is 12.4. The molecule has 4 aromatic rings. The summed E-state index contributed by atoms with van der Waals surface area (Å²) in [5, 5.41) is 12.9. The summed E-state index contributed by atoms with van der Waals surface area (Å²) < 4.78 is 7.12. The van der Waals surface area contributed by atoms with E-state index in [0.29, 0.717) is 10.8 Å². The fraction of sp³-hybridized carbons (Fsp3) is 0.143. The molecule has 8 heteroatoms. The van der Waals surface area contributed by atoms with Crippen molar-refractivity contribution in [3.8, 4) is 11.4 Å². The SMILES string of the molecule is COc1ccc(-n2c(C)nnc2SCC(=O)Nc2cnc3ccccc3c2)cc1. The third-order valence-corrected chi connectivity index (χ3v) is 5.26. The van der Waals surface area contributed by atoms with Gasteiger partial charge < -0.3 is 10.1 Å². The average Bonchev–Trinajstić information content (AvgIpc) is 3.12. The van der Waals surface area contributed by atoms with Crippen molar-refractivity contribution in [1.29, 1.82) is 0 Å². The number of ether oxygens (including phenoxy) is 1. The smallest absolute Gasteiger partial charge is 0.234 e. The Balaban J connectivity index is 1.45. The van der Waals surface area contributed by atoms with Gasteiger partial charge in [-0.25, -0.2) is 0 Å². The van der Waals surface area contributed by atoms with Gasteiger partial charge in [-0.05, 0) is 43.3 Å². The number of pyridine rings is 1. The second-order valence-electron chi connectivity index (χ2n) is 6.32. The number of carbonyl (C=O) groups is 1. The molecule has 1 N–H and O–H groups in total. The van der Waals surface area contributed by atoms with Crippen LogP contribution in [0.15, 0.2) is 66.0 Å². The first-order chi connectivity index (χ1) is 14.1. The van der Waals surface area contributed by atoms with Crippen LogP contribution in [0.2, 0.25) is 0 Å². The highest BCUT2D eigenvalue weighted by molar-refractivity contribution is 7.99. The van der Waals surface area contributed by atoms with Gasteiger partial charge in [-0.15, -0.1) is 10.2 Å². The number of benzene rings is 2. The molecule has 0 atom stereocenters. The predicted octanol–water partition coefficient (Wildman–Crippen LogP) is 3.86. The van der Waals surface area contributed by atoms with Crippen LogP contribution in [0.1, 0.15) is 5.82 Å². The lowest BCUT2D eigenvalue weighted by Gasteiger charge is -2.09. The lowest BCUT2D eigenvalue weighted by molar-refractivity contribution is -0.113. The molecule has 0 saturated heterocycles. The zero-order valence-corrected chi connectivity index (χ0v) is 16.8. The minimum atomic E-state index is -0.131. The van der Waals surface area contributed by atoms with Crippen LogP contribution in [0.3, 0.4) is 0 Å². The van der Waals surface area contributed by atoms with Crippen LogP contribution in [0.4, 0.5) is 5.69 Å². The minimum absolute atomic E-state index is 0.131. The number of anilines is 1. The molecule has 1 amide bonds. The molecule has 0 unspecified atom stereocenters. The molecule has 0 radical (unpaired) electrons. The Morgan fingerprint density at radius 2 is 1.93 bits per heavy atom. The summed E-state index contributed by atoms with van der Waals surface area (Å²) in [6.07, 6.45) is 1.66. The van der Waals surface area contributed by atoms with E-state index in [1.807, 2.05) is 66.1 Å². The highest BCUT2D eigenvalue weighted by atomic mass is 32.2. The largest absolute Gasteiger partial charge is 0.497 e. The van der Waals surface area contributed by atoms with E-state index in [0.717, 1.165) is 28.2 Å². The van der Waals surface area contributed by atoms with Crippen molar-refractivity contribution in [2.45, 2.75) is 12.1 Å². The Hall–Kier alpha value is -3.39. The lowest BCUT2D eigenvalue weighted by atomic mass is 10.2. The molecule has 2 heterocycles. The summed E-state index contributed by atoms with van der Waals surface area (Å²) in [5.41, 5.74) is 2.47. The Morgan fingerprint density at radius 3 is 2.72 bits per heavy atom. The van der Waals surface area contributed by atoms with Crippen LogP contribution in [-0.4, -0.2) is 38.5 Å². The van der Waals surface area contributed by atoms with Crippen LogP contribution in [0.25, 0.3) is 16.6 Å². The standard InChI is InChI=1S/C21H19N5O2S/c1-14-24-25-21(26(14)17-7-9-18(28-2)10-8-17)29-13-20(27)23-16-11-15-5-3-4-6-19(15)22-12-16/h3-12H,13H2,1-2H3,(H,23,27). The molecule has 0 spiro atoms. The van der Waals surface area contributed by atoms with Crippen molar-refractivity contribution in [3.63, 3.8) is 0 Å². The van der Waals surface area contributed by atoms with E-state index in [-0.39, 0.29) is 11.7 Å². The van der Waals surface area contributed by atoms with Gasteiger partial charge in [0.1, 0.15) is 11.6 Å². The third-order valence-electron chi connectivity index (χ3n) is 4.33. The third kappa shape index (κ3) is 4.22. The Bertz CT molecular complexity index is 1160. The maximum atomic E-state index is 12.4. The Kier molecular flexibility index (Phi) is 5.44. The second-order valence-corrected chi connectivity index (χ2v) is 7.26. The zero-order valence-electron chi connectivity index (χ0n) is 16.0. The first-order valence-electron chi connectivity index (χ1n) is 8.98. The molecule has 0 aliphatic rings. The number of rotatable bonds is 6. The molecular weight excluding hydrogens is 386 g/mol. The van der Waals surface area contributed by atoms with E-state index in [9.17, 15) is 4.79 Å². The van der Waals surface area contributed by atoms with E-state index >= 15 is 0 Å². The molecular formula is C21H19N5O2S. The van der Waals surface area contributed by atoms with E-state index in [1.165, 1.54) is 11.8 Å². The number of thioether (sulfide) groups is 1. The van der Waals surface area contributed by atoms with Gasteiger partial charge in [0.2, 0.25) is 5.91 Å². The van der Waals surface area contributed by atoms with Gasteiger partial charge in [-0.1, -0.05) is 30.0 Å². The molecule has 0 aliphatic carbocycles. The molecule has 0 bridgehead atoms. The molecule has 4 rings (SSSR count). The van der Waals surface area contributed by atoms with Gasteiger partial charge in [-0.3, -0.25) is 14.3 Å². The molecule has 0 fully saturated rings. The van der Waals surface area contributed by atoms with Crippen molar-refractivity contribution in [2.75, 3.05) is 18.2 Å². The molecule has 29 heavy (non-hydrogen) atoms. The van der Waals surface area contributed by atoms with Crippen molar-refractivity contribution >= 4 is 34.3 Å². The van der Waals surface area contributed by atoms with E-state index in [4.69, 9.17) is 4.74 Å². The summed E-state index contributed by atoms with van der Waals surface area (Å²) >= 11 is 1.33. The fourth-order valence-electron chi connectivity index (χ4n) is 2.93. The van der Waals surface area contributed by atoms with Crippen molar-refractivity contribution in [3.05, 3.63) is 66.6 Å². The first-order valence-corrected chi connectivity index (χ1v) is 9.96. The molecule has 2 aromatic carbocycles. The molecule has 0 saturated carbocycles. The van der Waals surface area contributed by atoms with Crippen LogP contribution in [0.5, 0.6) is 5.75 Å². The average molecular weight is 405 g/mol.